The van der Waals surface area contributed by atoms with Crippen LogP contribution in [0.4, 0.5) is 0 Å². The molecule has 4 nitrogen and oxygen atoms in total. The van der Waals surface area contributed by atoms with E-state index in [9.17, 15) is 0 Å². The van der Waals surface area contributed by atoms with E-state index in [1.807, 2.05) is 0 Å². The zero-order valence-corrected chi connectivity index (χ0v) is 9.65. The largest absolute Gasteiger partial charge is 2.00 e. The third kappa shape index (κ3) is 38.4. The Hall–Kier alpha value is 1.94. The number of rotatable bonds is 0. The van der Waals surface area contributed by atoms with Crippen LogP contribution in [-0.2, 0) is 19.5 Å². The van der Waals surface area contributed by atoms with Gasteiger partial charge in [0.15, 0.2) is 0 Å². The SMILES string of the molecule is [OH-].[OH-].[OH-].[OH-].[Sr+2].[Zn+2]. The van der Waals surface area contributed by atoms with Gasteiger partial charge in [-0.3, -0.25) is 0 Å². The van der Waals surface area contributed by atoms with E-state index in [1.54, 1.807) is 0 Å². The van der Waals surface area contributed by atoms with E-state index in [0.29, 0.717) is 0 Å². The Bertz CT molecular complexity index is 7.51. The van der Waals surface area contributed by atoms with Gasteiger partial charge in [-0.25, -0.2) is 0 Å². The molecule has 6 heteroatoms. The second-order valence-corrected chi connectivity index (χ2v) is 0. The normalized spacial score (nSPS) is 0. The molecule has 0 amide bonds. The first kappa shape index (κ1) is 101. The fraction of sp³-hybridized carbons (Fsp3) is 0. The van der Waals surface area contributed by atoms with Gasteiger partial charge in [0.05, 0.1) is 0 Å². The van der Waals surface area contributed by atoms with Crippen LogP contribution in [0.5, 0.6) is 0 Å². The first-order chi connectivity index (χ1) is 0. The molecule has 0 aromatic rings. The summed E-state index contributed by atoms with van der Waals surface area (Å²) in [4.78, 5) is 0. The molecule has 0 bridgehead atoms. The van der Waals surface area contributed by atoms with E-state index in [-0.39, 0.29) is 86.9 Å². The Morgan fingerprint density at radius 3 is 0.500 bits per heavy atom. The maximum Gasteiger partial charge on any atom is 2.00 e. The van der Waals surface area contributed by atoms with Crippen LogP contribution >= 0.6 is 0 Å². The molecule has 0 atom stereocenters. The molecule has 0 heterocycles. The van der Waals surface area contributed by atoms with E-state index in [1.165, 1.54) is 0 Å². The van der Waals surface area contributed by atoms with Crippen LogP contribution in [-0.4, -0.2) is 67.4 Å². The van der Waals surface area contributed by atoms with Crippen molar-refractivity contribution in [3.63, 3.8) is 0 Å². The first-order valence-corrected chi connectivity index (χ1v) is 0. The molecule has 0 spiro atoms. The van der Waals surface area contributed by atoms with E-state index >= 15 is 0 Å². The van der Waals surface area contributed by atoms with Crippen molar-refractivity contribution < 1.29 is 41.4 Å². The van der Waals surface area contributed by atoms with Crippen molar-refractivity contribution in [3.05, 3.63) is 0 Å². The molecule has 6 heavy (non-hydrogen) atoms. The Kier molecular flexibility index (Phi) is 1100. The molecule has 0 unspecified atom stereocenters. The van der Waals surface area contributed by atoms with Gasteiger partial charge in [0.25, 0.3) is 0 Å². The van der Waals surface area contributed by atoms with Crippen LogP contribution in [0.1, 0.15) is 0 Å². The number of hydrogen-bond acceptors (Lipinski definition) is 4. The van der Waals surface area contributed by atoms with Gasteiger partial charge in [0, 0.05) is 0 Å². The minimum Gasteiger partial charge on any atom is -0.870 e. The summed E-state index contributed by atoms with van der Waals surface area (Å²) in [5.74, 6) is 0. The molecule has 32 valence electrons. The second kappa shape index (κ2) is 64.9. The monoisotopic (exact) mass is 220 g/mol. The van der Waals surface area contributed by atoms with E-state index < -0.39 is 0 Å². The van der Waals surface area contributed by atoms with E-state index in [2.05, 4.69) is 0 Å². The molecule has 4 N–H and O–H groups in total. The number of hydrogen-bond donors (Lipinski definition) is 0. The Balaban J connectivity index is 0. The standard InChI is InChI=1S/4H2O.Sr.Zn/h4*1H2;;/q;;;;2*+2/p-4. The molecule has 0 radical (unpaired) electrons. The summed E-state index contributed by atoms with van der Waals surface area (Å²) >= 11 is 0. The van der Waals surface area contributed by atoms with E-state index in [4.69, 9.17) is 0 Å². The van der Waals surface area contributed by atoms with Gasteiger partial charge < -0.3 is 21.9 Å². The summed E-state index contributed by atoms with van der Waals surface area (Å²) in [5, 5.41) is 0. The molecular weight excluding hydrogens is 217 g/mol. The van der Waals surface area contributed by atoms with Crippen LogP contribution < -0.4 is 0 Å². The van der Waals surface area contributed by atoms with Crippen molar-refractivity contribution in [1.29, 1.82) is 0 Å². The van der Waals surface area contributed by atoms with Gasteiger partial charge in [-0.15, -0.1) is 0 Å². The van der Waals surface area contributed by atoms with Gasteiger partial charge in [0.2, 0.25) is 0 Å². The fourth-order valence-corrected chi connectivity index (χ4v) is 0. The van der Waals surface area contributed by atoms with Crippen molar-refractivity contribution in [3.8, 4) is 0 Å². The minimum absolute atomic E-state index is 0. The zero-order chi connectivity index (χ0) is 0. The Morgan fingerprint density at radius 2 is 0.500 bits per heavy atom. The van der Waals surface area contributed by atoms with Gasteiger partial charge in [-0.05, 0) is 0 Å². The van der Waals surface area contributed by atoms with Crippen LogP contribution in [0.3, 0.4) is 0 Å². The minimum atomic E-state index is 0. The summed E-state index contributed by atoms with van der Waals surface area (Å²) in [6.45, 7) is 0. The van der Waals surface area contributed by atoms with Crippen molar-refractivity contribution in [1.82, 2.24) is 0 Å². The molecule has 0 fully saturated rings. The molecule has 0 saturated heterocycles. The van der Waals surface area contributed by atoms with Crippen LogP contribution in [0.15, 0.2) is 0 Å². The van der Waals surface area contributed by atoms with Crippen molar-refractivity contribution >= 4 is 45.5 Å². The third-order valence-electron chi connectivity index (χ3n) is 0. The Morgan fingerprint density at radius 1 is 0.500 bits per heavy atom. The van der Waals surface area contributed by atoms with Crippen LogP contribution in [0, 0.1) is 0 Å². The van der Waals surface area contributed by atoms with Crippen molar-refractivity contribution in [2.24, 2.45) is 0 Å². The summed E-state index contributed by atoms with van der Waals surface area (Å²) < 4.78 is 0. The van der Waals surface area contributed by atoms with E-state index in [0.717, 1.165) is 0 Å². The van der Waals surface area contributed by atoms with Crippen LogP contribution in [0.25, 0.3) is 0 Å². The quantitative estimate of drug-likeness (QED) is 0.482. The van der Waals surface area contributed by atoms with Gasteiger partial charge in [-0.1, -0.05) is 0 Å². The smallest absolute Gasteiger partial charge is 0.870 e. The van der Waals surface area contributed by atoms with Crippen molar-refractivity contribution in [2.75, 3.05) is 0 Å². The zero-order valence-electron chi connectivity index (χ0n) is 3.20. The van der Waals surface area contributed by atoms with Crippen LogP contribution in [0.2, 0.25) is 0 Å². The summed E-state index contributed by atoms with van der Waals surface area (Å²) in [6, 6.07) is 0. The maximum absolute atomic E-state index is 0. The molecule has 0 rings (SSSR count). The molecule has 0 aromatic carbocycles. The predicted molar refractivity (Wildman–Crippen MR) is 13.5 cm³/mol. The molecule has 0 aliphatic rings. The maximum atomic E-state index is 0. The predicted octanol–water partition coefficient (Wildman–Crippen LogP) is -1.09. The molecular formula is H4O4SrZn. The molecule has 0 aromatic heterocycles. The molecule has 0 aliphatic carbocycles. The first-order valence-electron chi connectivity index (χ1n) is 0. The molecule has 0 saturated carbocycles. The average Bonchev–Trinajstić information content (AvgIpc) is 0. The Labute approximate surface area is 85.6 Å². The molecule has 0 aliphatic heterocycles. The van der Waals surface area contributed by atoms with Crippen molar-refractivity contribution in [2.45, 2.75) is 0 Å². The second-order valence-electron chi connectivity index (χ2n) is 0. The fourth-order valence-electron chi connectivity index (χ4n) is 0. The summed E-state index contributed by atoms with van der Waals surface area (Å²) in [6.07, 6.45) is 0. The average molecular weight is 221 g/mol. The third-order valence-corrected chi connectivity index (χ3v) is 0. The summed E-state index contributed by atoms with van der Waals surface area (Å²) in [7, 11) is 0. The topological polar surface area (TPSA) is 120 Å². The van der Waals surface area contributed by atoms with Gasteiger partial charge >= 0.3 is 65.0 Å². The summed E-state index contributed by atoms with van der Waals surface area (Å²) in [5.41, 5.74) is 0. The van der Waals surface area contributed by atoms with Gasteiger partial charge in [-0.2, -0.15) is 0 Å². The van der Waals surface area contributed by atoms with Gasteiger partial charge in [0.1, 0.15) is 0 Å².